The Labute approximate surface area is 154 Å². The Bertz CT molecular complexity index is 625. The number of carbonyl (C=O) groups excluding carboxylic acids is 1. The zero-order valence-electron chi connectivity index (χ0n) is 14.6. The molecule has 6 heteroatoms. The summed E-state index contributed by atoms with van der Waals surface area (Å²) in [6.45, 7) is 4.95. The number of rotatable bonds is 4. The third kappa shape index (κ3) is 3.63. The van der Waals surface area contributed by atoms with Crippen molar-refractivity contribution in [3.63, 3.8) is 0 Å². The summed E-state index contributed by atoms with van der Waals surface area (Å²) >= 11 is 6.06. The molecule has 0 bridgehead atoms. The first-order chi connectivity index (χ1) is 12.1. The van der Waals surface area contributed by atoms with Crippen LogP contribution in [-0.4, -0.2) is 54.7 Å². The molecule has 1 saturated carbocycles. The summed E-state index contributed by atoms with van der Waals surface area (Å²) in [7, 11) is 0. The molecular formula is C19H26ClN3O2. The Morgan fingerprint density at radius 3 is 2.72 bits per heavy atom. The van der Waals surface area contributed by atoms with E-state index in [1.54, 1.807) is 12.3 Å². The zero-order chi connectivity index (χ0) is 17.3. The van der Waals surface area contributed by atoms with E-state index < -0.39 is 0 Å². The van der Waals surface area contributed by atoms with Crippen molar-refractivity contribution in [2.45, 2.75) is 44.6 Å². The molecule has 0 N–H and O–H groups in total. The molecule has 3 fully saturated rings. The number of anilines is 1. The Balaban J connectivity index is 1.24. The number of nitrogens with zero attached hydrogens (tertiary/aromatic N) is 3. The maximum absolute atomic E-state index is 12.2. The predicted octanol–water partition coefficient (Wildman–Crippen LogP) is 3.12. The number of cyclic esters (lactones) is 1. The average Bonchev–Trinajstić information content (AvgIpc) is 3.21. The van der Waals surface area contributed by atoms with E-state index in [1.807, 2.05) is 6.07 Å². The molecule has 2 saturated heterocycles. The minimum atomic E-state index is -0.123. The molecule has 1 atom stereocenters. The average molecular weight is 364 g/mol. The fraction of sp³-hybridized carbons (Fsp3) is 0.684. The van der Waals surface area contributed by atoms with Crippen LogP contribution >= 0.6 is 11.6 Å². The van der Waals surface area contributed by atoms with Crippen LogP contribution in [0.3, 0.4) is 0 Å². The van der Waals surface area contributed by atoms with Gasteiger partial charge < -0.3 is 9.64 Å². The Kier molecular flexibility index (Phi) is 4.87. The van der Waals surface area contributed by atoms with Gasteiger partial charge in [0.2, 0.25) is 0 Å². The van der Waals surface area contributed by atoms with Gasteiger partial charge in [-0.05, 0) is 31.4 Å². The van der Waals surface area contributed by atoms with Gasteiger partial charge in [0, 0.05) is 50.4 Å². The molecule has 3 aliphatic rings. The van der Waals surface area contributed by atoms with E-state index in [0.717, 1.165) is 69.2 Å². The second kappa shape index (κ2) is 7.12. The van der Waals surface area contributed by atoms with E-state index in [9.17, 15) is 4.79 Å². The van der Waals surface area contributed by atoms with Crippen molar-refractivity contribution in [1.29, 1.82) is 0 Å². The zero-order valence-corrected chi connectivity index (χ0v) is 15.4. The van der Waals surface area contributed by atoms with Gasteiger partial charge in [-0.25, -0.2) is 4.98 Å². The number of hydrogen-bond acceptors (Lipinski definition) is 5. The number of piperazine rings is 1. The van der Waals surface area contributed by atoms with Gasteiger partial charge in [-0.1, -0.05) is 24.4 Å². The molecule has 3 heterocycles. The van der Waals surface area contributed by atoms with Crippen molar-refractivity contribution in [3.8, 4) is 0 Å². The van der Waals surface area contributed by atoms with E-state index in [2.05, 4.69) is 14.8 Å². The molecule has 136 valence electrons. The van der Waals surface area contributed by atoms with Gasteiger partial charge in [-0.3, -0.25) is 9.69 Å². The van der Waals surface area contributed by atoms with Gasteiger partial charge in [0.05, 0.1) is 5.41 Å². The van der Waals surface area contributed by atoms with Crippen molar-refractivity contribution >= 4 is 23.4 Å². The summed E-state index contributed by atoms with van der Waals surface area (Å²) in [5, 5.41) is 0.733. The minimum Gasteiger partial charge on any atom is -0.462 e. The van der Waals surface area contributed by atoms with E-state index in [1.165, 1.54) is 12.8 Å². The van der Waals surface area contributed by atoms with E-state index in [-0.39, 0.29) is 17.5 Å². The summed E-state index contributed by atoms with van der Waals surface area (Å²) in [6.07, 6.45) is 8.22. The highest BCUT2D eigenvalue weighted by atomic mass is 35.5. The fourth-order valence-corrected chi connectivity index (χ4v) is 4.71. The van der Waals surface area contributed by atoms with Gasteiger partial charge in [-0.15, -0.1) is 0 Å². The van der Waals surface area contributed by atoms with Gasteiger partial charge in [0.1, 0.15) is 11.9 Å². The van der Waals surface area contributed by atoms with Crippen molar-refractivity contribution in [2.24, 2.45) is 5.41 Å². The van der Waals surface area contributed by atoms with Crippen LogP contribution in [0.1, 0.15) is 38.5 Å². The maximum Gasteiger partial charge on any atom is 0.312 e. The van der Waals surface area contributed by atoms with Crippen LogP contribution in [0, 0.1) is 5.41 Å². The van der Waals surface area contributed by atoms with Gasteiger partial charge in [-0.2, -0.15) is 0 Å². The summed E-state index contributed by atoms with van der Waals surface area (Å²) in [5.41, 5.74) is -0.123. The van der Waals surface area contributed by atoms with E-state index in [4.69, 9.17) is 16.3 Å². The largest absolute Gasteiger partial charge is 0.462 e. The van der Waals surface area contributed by atoms with Crippen LogP contribution in [0.25, 0.3) is 0 Å². The van der Waals surface area contributed by atoms with Crippen molar-refractivity contribution in [2.75, 3.05) is 37.6 Å². The number of halogens is 1. The van der Waals surface area contributed by atoms with Crippen molar-refractivity contribution in [1.82, 2.24) is 9.88 Å². The molecule has 0 unspecified atom stereocenters. The van der Waals surface area contributed by atoms with Crippen LogP contribution in [0.4, 0.5) is 5.82 Å². The van der Waals surface area contributed by atoms with Crippen LogP contribution in [-0.2, 0) is 9.53 Å². The van der Waals surface area contributed by atoms with Crippen LogP contribution < -0.4 is 4.90 Å². The van der Waals surface area contributed by atoms with Crippen LogP contribution in [0.15, 0.2) is 18.3 Å². The molecule has 25 heavy (non-hydrogen) atoms. The molecule has 1 aromatic heterocycles. The smallest absolute Gasteiger partial charge is 0.312 e. The molecule has 0 amide bonds. The first-order valence-corrected chi connectivity index (χ1v) is 9.82. The molecule has 4 rings (SSSR count). The fourth-order valence-electron chi connectivity index (χ4n) is 4.55. The van der Waals surface area contributed by atoms with Crippen LogP contribution in [0.5, 0.6) is 0 Å². The summed E-state index contributed by atoms with van der Waals surface area (Å²) in [4.78, 5) is 21.4. The third-order valence-electron chi connectivity index (χ3n) is 6.06. The van der Waals surface area contributed by atoms with Gasteiger partial charge >= 0.3 is 5.97 Å². The predicted molar refractivity (Wildman–Crippen MR) is 97.9 cm³/mol. The van der Waals surface area contributed by atoms with Crippen molar-refractivity contribution < 1.29 is 9.53 Å². The third-order valence-corrected chi connectivity index (χ3v) is 6.29. The molecule has 1 aromatic rings. The summed E-state index contributed by atoms with van der Waals surface area (Å²) in [6, 6.07) is 3.73. The van der Waals surface area contributed by atoms with Crippen molar-refractivity contribution in [3.05, 3.63) is 23.4 Å². The number of carbonyl (C=O) groups is 1. The summed E-state index contributed by atoms with van der Waals surface area (Å²) < 4.78 is 5.69. The van der Waals surface area contributed by atoms with E-state index in [0.29, 0.717) is 0 Å². The molecular weight excluding hydrogens is 338 g/mol. The van der Waals surface area contributed by atoms with E-state index >= 15 is 0 Å². The lowest BCUT2D eigenvalue weighted by Gasteiger charge is -2.35. The monoisotopic (exact) mass is 363 g/mol. The first kappa shape index (κ1) is 17.1. The number of pyridine rings is 1. The normalized spacial score (nSPS) is 26.4. The maximum atomic E-state index is 12.2. The number of aromatic nitrogens is 1. The number of ether oxygens (including phenoxy) is 1. The highest BCUT2D eigenvalue weighted by Crippen LogP contribution is 2.48. The van der Waals surface area contributed by atoms with Gasteiger partial charge in [0.25, 0.3) is 0 Å². The molecule has 0 radical (unpaired) electrons. The molecule has 1 aliphatic carbocycles. The molecule has 2 aliphatic heterocycles. The Morgan fingerprint density at radius 2 is 2.00 bits per heavy atom. The summed E-state index contributed by atoms with van der Waals surface area (Å²) in [5.74, 6) is 1.03. The Morgan fingerprint density at radius 1 is 1.24 bits per heavy atom. The molecule has 5 nitrogen and oxygen atoms in total. The SMILES string of the molecule is O=C1O[C@@H](CCN2CCN(c3cc(Cl)ccn3)CC2)CC12CCCC2. The minimum absolute atomic E-state index is 0.0758. The highest BCUT2D eigenvalue weighted by Gasteiger charge is 2.50. The standard InChI is InChI=1S/C19H26ClN3O2/c20-15-3-7-21-17(13-15)23-11-9-22(10-12-23)8-4-16-14-19(18(24)25-16)5-1-2-6-19/h3,7,13,16H,1-2,4-6,8-12,14H2/t16-/m0/s1. The second-order valence-corrected chi connectivity index (χ2v) is 8.10. The first-order valence-electron chi connectivity index (χ1n) is 9.45. The number of hydrogen-bond donors (Lipinski definition) is 0. The molecule has 0 aromatic carbocycles. The molecule has 1 spiro atoms. The topological polar surface area (TPSA) is 45.7 Å². The quantitative estimate of drug-likeness (QED) is 0.769. The second-order valence-electron chi connectivity index (χ2n) is 7.67. The lowest BCUT2D eigenvalue weighted by atomic mass is 9.83. The number of esters is 1. The van der Waals surface area contributed by atoms with Gasteiger partial charge in [0.15, 0.2) is 0 Å². The lowest BCUT2D eigenvalue weighted by molar-refractivity contribution is -0.148. The lowest BCUT2D eigenvalue weighted by Crippen LogP contribution is -2.47. The Hall–Kier alpha value is -1.33. The highest BCUT2D eigenvalue weighted by molar-refractivity contribution is 6.30. The van der Waals surface area contributed by atoms with Crippen LogP contribution in [0.2, 0.25) is 5.02 Å².